The van der Waals surface area contributed by atoms with E-state index < -0.39 is 5.60 Å². The maximum Gasteiger partial charge on any atom is 0.308 e. The number of ether oxygens (including phenoxy) is 1. The van der Waals surface area contributed by atoms with Crippen molar-refractivity contribution < 1.29 is 13.9 Å². The number of esters is 1. The van der Waals surface area contributed by atoms with Crippen LogP contribution in [0.2, 0.25) is 0 Å². The molecule has 0 aliphatic rings. The molecule has 3 nitrogen and oxygen atoms in total. The molecule has 3 rings (SSSR count). The molecule has 32 heavy (non-hydrogen) atoms. The van der Waals surface area contributed by atoms with E-state index in [-0.39, 0.29) is 30.3 Å². The highest BCUT2D eigenvalue weighted by Crippen LogP contribution is 2.35. The van der Waals surface area contributed by atoms with Crippen LogP contribution in [-0.4, -0.2) is 16.5 Å². The molecular weight excluding hydrogens is 401 g/mol. The second-order valence-corrected chi connectivity index (χ2v) is 9.11. The number of nitrogens with zero attached hydrogens (tertiary/aromatic N) is 1. The highest BCUT2D eigenvalue weighted by molar-refractivity contribution is 5.71. The van der Waals surface area contributed by atoms with Crippen LogP contribution < -0.4 is 0 Å². The lowest BCUT2D eigenvalue weighted by Crippen LogP contribution is -2.34. The monoisotopic (exact) mass is 433 g/mol. The molecule has 168 valence electrons. The van der Waals surface area contributed by atoms with Gasteiger partial charge in [0.15, 0.2) is 0 Å². The fourth-order valence-electron chi connectivity index (χ4n) is 3.92. The molecule has 0 aliphatic carbocycles. The van der Waals surface area contributed by atoms with E-state index in [4.69, 9.17) is 4.74 Å². The molecule has 0 heterocycles. The topological polar surface area (TPSA) is 29.5 Å². The van der Waals surface area contributed by atoms with Gasteiger partial charge in [-0.1, -0.05) is 72.8 Å². The van der Waals surface area contributed by atoms with Crippen LogP contribution in [0.25, 0.3) is 0 Å². The van der Waals surface area contributed by atoms with Gasteiger partial charge in [-0.3, -0.25) is 9.69 Å². The summed E-state index contributed by atoms with van der Waals surface area (Å²) in [6.07, 6.45) is 0.130. The average Bonchev–Trinajstić information content (AvgIpc) is 2.76. The van der Waals surface area contributed by atoms with Gasteiger partial charge in [0.05, 0.1) is 6.42 Å². The van der Waals surface area contributed by atoms with E-state index in [1.54, 1.807) is 6.07 Å². The predicted molar refractivity (Wildman–Crippen MR) is 126 cm³/mol. The van der Waals surface area contributed by atoms with E-state index in [0.29, 0.717) is 6.54 Å². The van der Waals surface area contributed by atoms with Crippen molar-refractivity contribution >= 4 is 5.97 Å². The summed E-state index contributed by atoms with van der Waals surface area (Å²) in [7, 11) is 0. The number of benzene rings is 3. The van der Waals surface area contributed by atoms with Gasteiger partial charge in [0.25, 0.3) is 0 Å². The van der Waals surface area contributed by atoms with E-state index >= 15 is 0 Å². The van der Waals surface area contributed by atoms with Gasteiger partial charge in [-0.15, -0.1) is 0 Å². The highest BCUT2D eigenvalue weighted by Gasteiger charge is 2.30. The Bertz CT molecular complexity index is 999. The van der Waals surface area contributed by atoms with Crippen molar-refractivity contribution in [3.8, 4) is 0 Å². The first-order valence-corrected chi connectivity index (χ1v) is 11.0. The van der Waals surface area contributed by atoms with Gasteiger partial charge in [-0.25, -0.2) is 4.39 Å². The van der Waals surface area contributed by atoms with E-state index in [1.165, 1.54) is 12.1 Å². The first-order valence-electron chi connectivity index (χ1n) is 11.0. The smallest absolute Gasteiger partial charge is 0.308 e. The molecule has 2 atom stereocenters. The summed E-state index contributed by atoms with van der Waals surface area (Å²) >= 11 is 0. The second-order valence-electron chi connectivity index (χ2n) is 9.11. The zero-order chi connectivity index (χ0) is 23.1. The van der Waals surface area contributed by atoms with Crippen LogP contribution in [0.15, 0.2) is 84.9 Å². The van der Waals surface area contributed by atoms with E-state index in [0.717, 1.165) is 16.7 Å². The van der Waals surface area contributed by atoms with Crippen LogP contribution in [0.1, 0.15) is 62.9 Å². The highest BCUT2D eigenvalue weighted by atomic mass is 19.1. The number of halogens is 1. The number of hydrogen-bond acceptors (Lipinski definition) is 3. The Labute approximate surface area is 190 Å². The van der Waals surface area contributed by atoms with Crippen LogP contribution in [0.5, 0.6) is 0 Å². The zero-order valence-corrected chi connectivity index (χ0v) is 19.3. The Morgan fingerprint density at radius 2 is 1.50 bits per heavy atom. The Morgan fingerprint density at radius 3 is 2.09 bits per heavy atom. The van der Waals surface area contributed by atoms with Crippen molar-refractivity contribution in [2.45, 2.75) is 58.3 Å². The summed E-state index contributed by atoms with van der Waals surface area (Å²) in [6, 6.07) is 26.5. The molecule has 0 amide bonds. The number of hydrogen-bond donors (Lipinski definition) is 0. The summed E-state index contributed by atoms with van der Waals surface area (Å²) < 4.78 is 19.9. The molecule has 0 radical (unpaired) electrons. The van der Waals surface area contributed by atoms with Crippen LogP contribution in [0.3, 0.4) is 0 Å². The average molecular weight is 434 g/mol. The molecule has 3 aromatic rings. The molecule has 3 aromatic carbocycles. The van der Waals surface area contributed by atoms with E-state index in [2.05, 4.69) is 36.1 Å². The Hall–Kier alpha value is -2.98. The molecule has 0 saturated carbocycles. The first kappa shape index (κ1) is 23.7. The zero-order valence-electron chi connectivity index (χ0n) is 19.3. The quantitative estimate of drug-likeness (QED) is 0.363. The predicted octanol–water partition coefficient (Wildman–Crippen LogP) is 6.86. The molecule has 4 heteroatoms. The molecular formula is C28H32FNO2. The first-order chi connectivity index (χ1) is 15.2. The van der Waals surface area contributed by atoms with Crippen LogP contribution in [0.4, 0.5) is 4.39 Å². The van der Waals surface area contributed by atoms with Crippen LogP contribution in [-0.2, 0) is 16.1 Å². The number of carbonyl (C=O) groups is 1. The van der Waals surface area contributed by atoms with Crippen molar-refractivity contribution in [1.29, 1.82) is 0 Å². The van der Waals surface area contributed by atoms with Gasteiger partial charge >= 0.3 is 5.97 Å². The maximum absolute atomic E-state index is 14.2. The molecule has 0 aromatic heterocycles. The van der Waals surface area contributed by atoms with Gasteiger partial charge in [0, 0.05) is 18.6 Å². The number of rotatable bonds is 8. The third-order valence-corrected chi connectivity index (χ3v) is 5.40. The minimum Gasteiger partial charge on any atom is -0.460 e. The minimum atomic E-state index is -0.584. The van der Waals surface area contributed by atoms with Crippen molar-refractivity contribution in [2.24, 2.45) is 0 Å². The summed E-state index contributed by atoms with van der Waals surface area (Å²) in [5.41, 5.74) is 2.43. The Kier molecular flexibility index (Phi) is 7.81. The van der Waals surface area contributed by atoms with E-state index in [1.807, 2.05) is 63.2 Å². The third-order valence-electron chi connectivity index (χ3n) is 5.40. The van der Waals surface area contributed by atoms with Crippen molar-refractivity contribution in [2.75, 3.05) is 0 Å². The van der Waals surface area contributed by atoms with Crippen molar-refractivity contribution in [3.63, 3.8) is 0 Å². The molecule has 0 N–H and O–H groups in total. The standard InChI is InChI=1S/C28H32FNO2/c1-21(23-14-9-6-10-15-23)30(20-22-12-7-5-8-13-22)26(19-27(31)32-28(2,3)4)24-16-11-17-25(29)18-24/h5-18,21,26H,19-20H2,1-4H3. The van der Waals surface area contributed by atoms with Gasteiger partial charge < -0.3 is 4.74 Å². The largest absolute Gasteiger partial charge is 0.460 e. The van der Waals surface area contributed by atoms with Crippen LogP contribution in [0, 0.1) is 5.82 Å². The van der Waals surface area contributed by atoms with Gasteiger partial charge in [-0.05, 0) is 56.5 Å². The molecule has 0 saturated heterocycles. The second kappa shape index (κ2) is 10.6. The lowest BCUT2D eigenvalue weighted by atomic mass is 9.96. The summed E-state index contributed by atoms with van der Waals surface area (Å²) in [5, 5.41) is 0. The van der Waals surface area contributed by atoms with Crippen molar-refractivity contribution in [3.05, 3.63) is 107 Å². The molecule has 0 aliphatic heterocycles. The fraction of sp³-hybridized carbons (Fsp3) is 0.321. The van der Waals surface area contributed by atoms with E-state index in [9.17, 15) is 9.18 Å². The molecule has 0 bridgehead atoms. The summed E-state index contributed by atoms with van der Waals surface area (Å²) in [5.74, 6) is -0.617. The Balaban J connectivity index is 2.03. The van der Waals surface area contributed by atoms with Crippen LogP contribution >= 0.6 is 0 Å². The molecule has 0 spiro atoms. The molecule has 0 fully saturated rings. The Morgan fingerprint density at radius 1 is 0.906 bits per heavy atom. The van der Waals surface area contributed by atoms with Crippen molar-refractivity contribution in [1.82, 2.24) is 4.90 Å². The third kappa shape index (κ3) is 6.76. The lowest BCUT2D eigenvalue weighted by Gasteiger charge is -2.37. The normalized spacial score (nSPS) is 13.6. The fourth-order valence-corrected chi connectivity index (χ4v) is 3.92. The SMILES string of the molecule is CC(c1ccccc1)N(Cc1ccccc1)C(CC(=O)OC(C)(C)C)c1cccc(F)c1. The summed E-state index contributed by atoms with van der Waals surface area (Å²) in [6.45, 7) is 8.31. The lowest BCUT2D eigenvalue weighted by molar-refractivity contribution is -0.156. The summed E-state index contributed by atoms with van der Waals surface area (Å²) in [4.78, 5) is 15.2. The van der Waals surface area contributed by atoms with Gasteiger partial charge in [0.2, 0.25) is 0 Å². The molecule has 2 unspecified atom stereocenters. The maximum atomic E-state index is 14.2. The minimum absolute atomic E-state index is 0.00731. The number of carbonyl (C=O) groups excluding carboxylic acids is 1. The van der Waals surface area contributed by atoms with Gasteiger partial charge in [0.1, 0.15) is 11.4 Å². The van der Waals surface area contributed by atoms with Gasteiger partial charge in [-0.2, -0.15) is 0 Å².